The fourth-order valence-electron chi connectivity index (χ4n) is 4.13. The Hall–Kier alpha value is -2.22. The fourth-order valence-corrected chi connectivity index (χ4v) is 5.81. The molecule has 4 atom stereocenters. The molecule has 0 unspecified atom stereocenters. The summed E-state index contributed by atoms with van der Waals surface area (Å²) in [7, 11) is -3.12. The zero-order chi connectivity index (χ0) is 18.0. The molecule has 0 spiro atoms. The van der Waals surface area contributed by atoms with Crippen LogP contribution in [0.3, 0.4) is 0 Å². The Balaban J connectivity index is 1.59. The van der Waals surface area contributed by atoms with E-state index in [2.05, 4.69) is 10.6 Å². The minimum atomic E-state index is -3.12. The minimum absolute atomic E-state index is 0.0517. The topological polar surface area (TPSA) is 109 Å². The first kappa shape index (κ1) is 16.3. The minimum Gasteiger partial charge on any atom is -0.352 e. The third-order valence-corrected chi connectivity index (χ3v) is 7.35. The summed E-state index contributed by atoms with van der Waals surface area (Å²) in [4.78, 5) is 38.0. The largest absolute Gasteiger partial charge is 0.352 e. The van der Waals surface area contributed by atoms with Gasteiger partial charge in [-0.3, -0.25) is 14.4 Å². The second-order valence-corrected chi connectivity index (χ2v) is 9.44. The molecule has 7 nitrogen and oxygen atoms in total. The number of hydrogen-bond donors (Lipinski definition) is 2. The Labute approximate surface area is 145 Å². The first-order chi connectivity index (χ1) is 11.7. The lowest BCUT2D eigenvalue weighted by atomic mass is 9.92. The second kappa shape index (κ2) is 5.14. The first-order valence-corrected chi connectivity index (χ1v) is 10.0. The summed E-state index contributed by atoms with van der Waals surface area (Å²) in [6.07, 6.45) is 0.366. The van der Waals surface area contributed by atoms with Gasteiger partial charge in [-0.1, -0.05) is 19.1 Å². The summed E-state index contributed by atoms with van der Waals surface area (Å²) in [6, 6.07) is 6.31. The van der Waals surface area contributed by atoms with E-state index in [1.165, 1.54) is 0 Å². The monoisotopic (exact) mass is 362 g/mol. The molecule has 2 heterocycles. The van der Waals surface area contributed by atoms with Crippen LogP contribution in [0.5, 0.6) is 0 Å². The Morgan fingerprint density at radius 1 is 1.28 bits per heavy atom. The van der Waals surface area contributed by atoms with E-state index >= 15 is 0 Å². The van der Waals surface area contributed by atoms with Crippen LogP contribution in [0.1, 0.15) is 23.7 Å². The lowest BCUT2D eigenvalue weighted by Gasteiger charge is -2.14. The third kappa shape index (κ3) is 2.38. The molecule has 0 aromatic heterocycles. The van der Waals surface area contributed by atoms with Crippen LogP contribution < -0.4 is 10.6 Å². The highest BCUT2D eigenvalue weighted by Crippen LogP contribution is 2.62. The van der Waals surface area contributed by atoms with E-state index in [0.717, 1.165) is 0 Å². The van der Waals surface area contributed by atoms with Crippen molar-refractivity contribution >= 4 is 33.1 Å². The summed E-state index contributed by atoms with van der Waals surface area (Å²) in [5.74, 6) is -2.53. The lowest BCUT2D eigenvalue weighted by molar-refractivity contribution is -0.125. The van der Waals surface area contributed by atoms with Crippen molar-refractivity contribution < 1.29 is 22.8 Å². The van der Waals surface area contributed by atoms with Gasteiger partial charge in [0.2, 0.25) is 11.8 Å². The number of rotatable bonds is 2. The number of carbonyl (C=O) groups excluding carboxylic acids is 3. The number of sulfone groups is 1. The van der Waals surface area contributed by atoms with Gasteiger partial charge in [0.15, 0.2) is 15.6 Å². The van der Waals surface area contributed by atoms with Crippen molar-refractivity contribution in [3.05, 3.63) is 29.8 Å². The first-order valence-electron chi connectivity index (χ1n) is 8.19. The van der Waals surface area contributed by atoms with Crippen molar-refractivity contribution in [3.8, 4) is 0 Å². The van der Waals surface area contributed by atoms with Crippen molar-refractivity contribution in [1.82, 2.24) is 5.32 Å². The number of nitrogens with one attached hydrogen (secondary N) is 2. The van der Waals surface area contributed by atoms with Crippen molar-refractivity contribution in [2.24, 2.45) is 17.3 Å². The van der Waals surface area contributed by atoms with Gasteiger partial charge in [0.25, 0.3) is 0 Å². The lowest BCUT2D eigenvalue weighted by Crippen LogP contribution is -2.38. The Morgan fingerprint density at radius 2 is 2.00 bits per heavy atom. The highest BCUT2D eigenvalue weighted by Gasteiger charge is 2.73. The standard InChI is InChI=1S/C17H18N2O5S/c1-17-12(15(21)18-9-6-7-25(23,24)8-9)13(17)16(22)19-11-5-3-2-4-10(11)14(17)20/h2-5,9,12-13H,6-8H2,1H3,(H,18,21)(H,19,22)/t9-,12+,13-,17-/m1/s1. The van der Waals surface area contributed by atoms with Crippen LogP contribution >= 0.6 is 0 Å². The molecule has 8 heteroatoms. The van der Waals surface area contributed by atoms with Crippen molar-refractivity contribution in [3.63, 3.8) is 0 Å². The fraction of sp³-hybridized carbons (Fsp3) is 0.471. The zero-order valence-electron chi connectivity index (χ0n) is 13.6. The molecule has 0 radical (unpaired) electrons. The molecule has 2 N–H and O–H groups in total. The Bertz CT molecular complexity index is 909. The van der Waals surface area contributed by atoms with Crippen LogP contribution in [0.2, 0.25) is 0 Å². The summed E-state index contributed by atoms with van der Waals surface area (Å²) >= 11 is 0. The molecular formula is C17H18N2O5S. The van der Waals surface area contributed by atoms with Gasteiger partial charge in [-0.15, -0.1) is 0 Å². The van der Waals surface area contributed by atoms with Gasteiger partial charge in [0, 0.05) is 11.6 Å². The normalized spacial score (nSPS) is 35.2. The maximum Gasteiger partial charge on any atom is 0.229 e. The van der Waals surface area contributed by atoms with E-state index in [0.29, 0.717) is 17.7 Å². The smallest absolute Gasteiger partial charge is 0.229 e. The quantitative estimate of drug-likeness (QED) is 0.790. The SMILES string of the molecule is C[C@]12C(=O)c3ccccc3NC(=O)[C@H]1[C@H]2C(=O)N[C@@H]1CCS(=O)(=O)C1. The number of para-hydroxylation sites is 1. The number of anilines is 1. The maximum atomic E-state index is 12.9. The summed E-state index contributed by atoms with van der Waals surface area (Å²) in [5.41, 5.74) is -0.218. The van der Waals surface area contributed by atoms with Crippen LogP contribution in [0, 0.1) is 17.3 Å². The van der Waals surface area contributed by atoms with Gasteiger partial charge in [-0.2, -0.15) is 0 Å². The average molecular weight is 362 g/mol. The molecule has 1 aromatic rings. The molecule has 3 aliphatic rings. The summed E-state index contributed by atoms with van der Waals surface area (Å²) in [6.45, 7) is 1.64. The van der Waals surface area contributed by atoms with Gasteiger partial charge in [-0.05, 0) is 18.6 Å². The number of fused-ring (bicyclic) bond motifs is 2. The molecule has 132 valence electrons. The van der Waals surface area contributed by atoms with Crippen LogP contribution in [-0.2, 0) is 19.4 Å². The number of Topliss-reactive ketones (excluding diaryl/α,β-unsaturated/α-hetero) is 1. The molecule has 2 amide bonds. The van der Waals surface area contributed by atoms with E-state index in [1.807, 2.05) is 0 Å². The van der Waals surface area contributed by atoms with E-state index in [1.54, 1.807) is 31.2 Å². The van der Waals surface area contributed by atoms with Gasteiger partial charge < -0.3 is 10.6 Å². The number of hydrogen-bond acceptors (Lipinski definition) is 5. The highest BCUT2D eigenvalue weighted by atomic mass is 32.2. The Morgan fingerprint density at radius 3 is 2.68 bits per heavy atom. The van der Waals surface area contributed by atoms with Crippen LogP contribution in [0.15, 0.2) is 24.3 Å². The highest BCUT2D eigenvalue weighted by molar-refractivity contribution is 7.91. The van der Waals surface area contributed by atoms with Gasteiger partial charge in [0.05, 0.1) is 34.4 Å². The second-order valence-electron chi connectivity index (χ2n) is 7.21. The molecular weight excluding hydrogens is 344 g/mol. The molecule has 1 aromatic carbocycles. The summed E-state index contributed by atoms with van der Waals surface area (Å²) in [5, 5.41) is 5.44. The Kier molecular flexibility index (Phi) is 3.34. The number of carbonyl (C=O) groups is 3. The van der Waals surface area contributed by atoms with Crippen molar-refractivity contribution in [2.75, 3.05) is 16.8 Å². The molecule has 1 saturated heterocycles. The van der Waals surface area contributed by atoms with E-state index in [4.69, 9.17) is 0 Å². The van der Waals surface area contributed by atoms with Crippen LogP contribution in [-0.4, -0.2) is 43.6 Å². The number of benzene rings is 1. The molecule has 4 rings (SSSR count). The molecule has 2 fully saturated rings. The van der Waals surface area contributed by atoms with Gasteiger partial charge >= 0.3 is 0 Å². The molecule has 0 bridgehead atoms. The molecule has 1 aliphatic carbocycles. The average Bonchev–Trinajstić information content (AvgIpc) is 3.08. The van der Waals surface area contributed by atoms with E-state index < -0.39 is 39.0 Å². The van der Waals surface area contributed by atoms with Crippen molar-refractivity contribution in [1.29, 1.82) is 0 Å². The molecule has 25 heavy (non-hydrogen) atoms. The predicted molar refractivity (Wildman–Crippen MR) is 89.7 cm³/mol. The summed E-state index contributed by atoms with van der Waals surface area (Å²) < 4.78 is 23.1. The zero-order valence-corrected chi connectivity index (χ0v) is 14.4. The van der Waals surface area contributed by atoms with Crippen molar-refractivity contribution in [2.45, 2.75) is 19.4 Å². The number of ketones is 1. The predicted octanol–water partition coefficient (Wildman–Crippen LogP) is 0.377. The third-order valence-electron chi connectivity index (χ3n) is 5.58. The van der Waals surface area contributed by atoms with Gasteiger partial charge in [0.1, 0.15) is 0 Å². The van der Waals surface area contributed by atoms with Crippen LogP contribution in [0.25, 0.3) is 0 Å². The molecule has 2 aliphatic heterocycles. The van der Waals surface area contributed by atoms with E-state index in [9.17, 15) is 22.8 Å². The maximum absolute atomic E-state index is 12.9. The molecule has 1 saturated carbocycles. The number of amides is 2. The van der Waals surface area contributed by atoms with E-state index in [-0.39, 0.29) is 23.2 Å². The van der Waals surface area contributed by atoms with Crippen LogP contribution in [0.4, 0.5) is 5.69 Å². The van der Waals surface area contributed by atoms with Gasteiger partial charge in [-0.25, -0.2) is 8.42 Å².